The van der Waals surface area contributed by atoms with Gasteiger partial charge in [0.05, 0.1) is 36.5 Å². The summed E-state index contributed by atoms with van der Waals surface area (Å²) in [5, 5.41) is 33.0. The Balaban J connectivity index is 1.84. The number of anilines is 1. The fourth-order valence-electron chi connectivity index (χ4n) is 5.54. The lowest BCUT2D eigenvalue weighted by atomic mass is 9.94. The third kappa shape index (κ3) is 8.59. The molecule has 0 bridgehead atoms. The van der Waals surface area contributed by atoms with Crippen LogP contribution in [0.3, 0.4) is 0 Å². The van der Waals surface area contributed by atoms with Crippen LogP contribution in [-0.4, -0.2) is 50.6 Å². The van der Waals surface area contributed by atoms with Gasteiger partial charge >= 0.3 is 5.97 Å². The standard InChI is InChI=1S/C36H41FN2O6/c1-4-20-45-30-16-14-27(15-17-30)38-36(44)33-32(24-8-6-5-7-9-24)35(25-10-12-26(37)13-11-25)39(34(33)23(2)3)19-18-28(40)21-29(41)22-31(42)43/h5-17,23,28-29,40-41H,4,18-22H2,1-3H3,(H,38,44)(H,42,43)/t28-,29-/m1/s1. The molecule has 0 fully saturated rings. The molecule has 0 saturated carbocycles. The number of carboxylic acids is 1. The highest BCUT2D eigenvalue weighted by molar-refractivity contribution is 6.12. The molecule has 0 spiro atoms. The molecule has 9 heteroatoms. The van der Waals surface area contributed by atoms with Crippen LogP contribution in [-0.2, 0) is 11.3 Å². The van der Waals surface area contributed by atoms with Gasteiger partial charge in [-0.2, -0.15) is 0 Å². The highest BCUT2D eigenvalue weighted by Crippen LogP contribution is 2.42. The highest BCUT2D eigenvalue weighted by atomic mass is 19.1. The Labute approximate surface area is 263 Å². The number of nitrogens with zero attached hydrogens (tertiary/aromatic N) is 1. The van der Waals surface area contributed by atoms with Crippen LogP contribution in [0.15, 0.2) is 78.9 Å². The number of aromatic nitrogens is 1. The molecule has 1 aromatic heterocycles. The van der Waals surface area contributed by atoms with Crippen molar-refractivity contribution < 1.29 is 34.0 Å². The van der Waals surface area contributed by atoms with Gasteiger partial charge in [-0.15, -0.1) is 0 Å². The summed E-state index contributed by atoms with van der Waals surface area (Å²) in [7, 11) is 0. The molecule has 45 heavy (non-hydrogen) atoms. The van der Waals surface area contributed by atoms with Crippen LogP contribution < -0.4 is 10.1 Å². The minimum Gasteiger partial charge on any atom is -0.494 e. The van der Waals surface area contributed by atoms with Crippen molar-refractivity contribution in [3.8, 4) is 28.1 Å². The molecule has 2 atom stereocenters. The average Bonchev–Trinajstić information content (AvgIpc) is 3.35. The zero-order valence-corrected chi connectivity index (χ0v) is 25.9. The molecule has 3 aromatic carbocycles. The normalized spacial score (nSPS) is 12.6. The van der Waals surface area contributed by atoms with Crippen molar-refractivity contribution in [3.63, 3.8) is 0 Å². The molecule has 1 amide bonds. The third-order valence-electron chi connectivity index (χ3n) is 7.48. The van der Waals surface area contributed by atoms with E-state index in [1.807, 2.05) is 67.8 Å². The molecular weight excluding hydrogens is 575 g/mol. The monoisotopic (exact) mass is 616 g/mol. The van der Waals surface area contributed by atoms with Crippen molar-refractivity contribution in [2.24, 2.45) is 0 Å². The number of halogens is 1. The summed E-state index contributed by atoms with van der Waals surface area (Å²) < 4.78 is 21.8. The van der Waals surface area contributed by atoms with E-state index in [-0.39, 0.29) is 31.2 Å². The van der Waals surface area contributed by atoms with Crippen molar-refractivity contribution in [3.05, 3.63) is 95.9 Å². The largest absolute Gasteiger partial charge is 0.494 e. The topological polar surface area (TPSA) is 121 Å². The lowest BCUT2D eigenvalue weighted by Crippen LogP contribution is -2.22. The van der Waals surface area contributed by atoms with E-state index in [4.69, 9.17) is 9.84 Å². The number of ether oxygens (including phenoxy) is 1. The Morgan fingerprint density at radius 1 is 0.911 bits per heavy atom. The van der Waals surface area contributed by atoms with Crippen LogP contribution in [0.5, 0.6) is 5.75 Å². The van der Waals surface area contributed by atoms with E-state index in [1.165, 1.54) is 12.1 Å². The van der Waals surface area contributed by atoms with E-state index in [2.05, 4.69) is 5.32 Å². The number of carbonyl (C=O) groups is 2. The van der Waals surface area contributed by atoms with E-state index in [1.54, 1.807) is 24.3 Å². The van der Waals surface area contributed by atoms with Gasteiger partial charge in [-0.3, -0.25) is 9.59 Å². The van der Waals surface area contributed by atoms with Gasteiger partial charge in [-0.1, -0.05) is 51.1 Å². The number of nitrogens with one attached hydrogen (secondary N) is 1. The molecule has 0 unspecified atom stereocenters. The molecular formula is C36H41FN2O6. The summed E-state index contributed by atoms with van der Waals surface area (Å²) in [5.41, 5.74) is 4.63. The van der Waals surface area contributed by atoms with Crippen LogP contribution in [0.2, 0.25) is 0 Å². The summed E-state index contributed by atoms with van der Waals surface area (Å²) in [6.45, 7) is 6.85. The Morgan fingerprint density at radius 3 is 2.18 bits per heavy atom. The van der Waals surface area contributed by atoms with Gasteiger partial charge in [0.2, 0.25) is 0 Å². The van der Waals surface area contributed by atoms with Crippen LogP contribution in [0.4, 0.5) is 10.1 Å². The van der Waals surface area contributed by atoms with E-state index in [0.717, 1.165) is 17.7 Å². The second kappa shape index (κ2) is 15.5. The molecule has 1 heterocycles. The number of aliphatic carboxylic acids is 1. The predicted molar refractivity (Wildman–Crippen MR) is 173 cm³/mol. The number of aliphatic hydroxyl groups is 2. The van der Waals surface area contributed by atoms with Crippen LogP contribution in [0, 0.1) is 5.82 Å². The summed E-state index contributed by atoms with van der Waals surface area (Å²) in [5.74, 6) is -1.29. The molecule has 0 radical (unpaired) electrons. The van der Waals surface area contributed by atoms with Crippen molar-refractivity contribution >= 4 is 17.6 Å². The number of amides is 1. The van der Waals surface area contributed by atoms with E-state index in [0.29, 0.717) is 40.4 Å². The second-order valence-corrected chi connectivity index (χ2v) is 11.4. The van der Waals surface area contributed by atoms with Crippen LogP contribution in [0.25, 0.3) is 22.4 Å². The van der Waals surface area contributed by atoms with Crippen molar-refractivity contribution in [2.45, 2.75) is 71.1 Å². The maximum Gasteiger partial charge on any atom is 0.305 e. The Hall–Kier alpha value is -4.47. The molecule has 238 valence electrons. The van der Waals surface area contributed by atoms with Crippen LogP contribution in [0.1, 0.15) is 68.4 Å². The van der Waals surface area contributed by atoms with Gasteiger partial charge in [0, 0.05) is 23.5 Å². The first-order chi connectivity index (χ1) is 21.6. The maximum atomic E-state index is 14.3. The summed E-state index contributed by atoms with van der Waals surface area (Å²) in [6, 6.07) is 22.8. The fraction of sp³-hybridized carbons (Fsp3) is 0.333. The minimum absolute atomic E-state index is 0.104. The number of carboxylic acid groups (broad SMARTS) is 1. The van der Waals surface area contributed by atoms with E-state index in [9.17, 15) is 24.2 Å². The van der Waals surface area contributed by atoms with Gasteiger partial charge in [-0.05, 0) is 84.8 Å². The zero-order chi connectivity index (χ0) is 32.5. The quantitative estimate of drug-likeness (QED) is 0.113. The zero-order valence-electron chi connectivity index (χ0n) is 25.9. The lowest BCUT2D eigenvalue weighted by Gasteiger charge is -2.20. The highest BCUT2D eigenvalue weighted by Gasteiger charge is 2.31. The number of rotatable bonds is 15. The summed E-state index contributed by atoms with van der Waals surface area (Å²) in [6.07, 6.45) is -1.68. The summed E-state index contributed by atoms with van der Waals surface area (Å²) in [4.78, 5) is 25.3. The van der Waals surface area contributed by atoms with Crippen LogP contribution >= 0.6 is 0 Å². The smallest absolute Gasteiger partial charge is 0.305 e. The van der Waals surface area contributed by atoms with Gasteiger partial charge in [0.1, 0.15) is 11.6 Å². The number of hydrogen-bond acceptors (Lipinski definition) is 5. The van der Waals surface area contributed by atoms with Crippen molar-refractivity contribution in [1.29, 1.82) is 0 Å². The first-order valence-corrected chi connectivity index (χ1v) is 15.3. The van der Waals surface area contributed by atoms with Gasteiger partial charge < -0.3 is 29.9 Å². The predicted octanol–water partition coefficient (Wildman–Crippen LogP) is 7.10. The Bertz CT molecular complexity index is 1570. The van der Waals surface area contributed by atoms with Gasteiger partial charge in [-0.25, -0.2) is 4.39 Å². The third-order valence-corrected chi connectivity index (χ3v) is 7.48. The Kier molecular flexibility index (Phi) is 11.5. The molecule has 4 rings (SSSR count). The SMILES string of the molecule is CCCOc1ccc(NC(=O)c2c(-c3ccccc3)c(-c3ccc(F)cc3)n(CC[C@@H](O)C[C@@H](O)CC(=O)O)c2C(C)C)cc1. The summed E-state index contributed by atoms with van der Waals surface area (Å²) >= 11 is 0. The molecule has 0 aliphatic rings. The lowest BCUT2D eigenvalue weighted by molar-refractivity contribution is -0.139. The molecule has 0 aliphatic heterocycles. The van der Waals surface area contributed by atoms with Crippen molar-refractivity contribution in [1.82, 2.24) is 4.57 Å². The number of hydrogen-bond donors (Lipinski definition) is 4. The molecule has 4 aromatic rings. The second-order valence-electron chi connectivity index (χ2n) is 11.4. The minimum atomic E-state index is -1.19. The molecule has 8 nitrogen and oxygen atoms in total. The first-order valence-electron chi connectivity index (χ1n) is 15.3. The number of aliphatic hydroxyl groups excluding tert-OH is 2. The molecule has 4 N–H and O–H groups in total. The Morgan fingerprint density at radius 2 is 1.58 bits per heavy atom. The van der Waals surface area contributed by atoms with E-state index >= 15 is 0 Å². The average molecular weight is 617 g/mol. The van der Waals surface area contributed by atoms with Crippen molar-refractivity contribution in [2.75, 3.05) is 11.9 Å². The van der Waals surface area contributed by atoms with Gasteiger partial charge in [0.15, 0.2) is 0 Å². The maximum absolute atomic E-state index is 14.3. The number of carbonyl (C=O) groups excluding carboxylic acids is 1. The molecule has 0 saturated heterocycles. The van der Waals surface area contributed by atoms with Gasteiger partial charge in [0.25, 0.3) is 5.91 Å². The number of benzene rings is 3. The molecule has 0 aliphatic carbocycles. The fourth-order valence-corrected chi connectivity index (χ4v) is 5.54. The van der Waals surface area contributed by atoms with E-state index < -0.39 is 30.4 Å². The first kappa shape index (κ1) is 33.4.